The first-order chi connectivity index (χ1) is 24.5. The van der Waals surface area contributed by atoms with Crippen LogP contribution in [0.15, 0.2) is 36.4 Å². The Hall–Kier alpha value is -1.66. The van der Waals surface area contributed by atoms with Crippen molar-refractivity contribution in [3.8, 4) is 0 Å². The number of piperidine rings is 2. The number of ether oxygens (including phenoxy) is 1. The topological polar surface area (TPSA) is 62.8 Å². The van der Waals surface area contributed by atoms with Gasteiger partial charge in [-0.3, -0.25) is 19.4 Å². The molecular weight excluding hydrogens is 730 g/mol. The number of halogens is 4. The fourth-order valence-corrected chi connectivity index (χ4v) is 8.73. The summed E-state index contributed by atoms with van der Waals surface area (Å²) in [4.78, 5) is 42.6. The second-order valence-corrected chi connectivity index (χ2v) is 16.4. The molecule has 4 heterocycles. The summed E-state index contributed by atoms with van der Waals surface area (Å²) in [6, 6.07) is 11.9. The molecule has 0 unspecified atom stereocenters. The van der Waals surface area contributed by atoms with E-state index in [1.807, 2.05) is 21.9 Å². The van der Waals surface area contributed by atoms with Gasteiger partial charge in [0.05, 0.1) is 20.1 Å². The summed E-state index contributed by atoms with van der Waals surface area (Å²) in [5, 5.41) is 1.72. The summed E-state index contributed by atoms with van der Waals surface area (Å²) in [6.07, 6.45) is 3.34. The zero-order valence-corrected chi connectivity index (χ0v) is 32.9. The van der Waals surface area contributed by atoms with Crippen LogP contribution < -0.4 is 0 Å². The minimum absolute atomic E-state index is 0.108. The third-order valence-corrected chi connectivity index (χ3v) is 12.8. The highest BCUT2D eigenvalue weighted by molar-refractivity contribution is 6.42. The van der Waals surface area contributed by atoms with Gasteiger partial charge in [0.2, 0.25) is 0 Å². The molecule has 0 spiro atoms. The van der Waals surface area contributed by atoms with Crippen LogP contribution in [0, 0.1) is 0 Å². The van der Waals surface area contributed by atoms with Gasteiger partial charge in [-0.2, -0.15) is 0 Å². The van der Waals surface area contributed by atoms with Gasteiger partial charge >= 0.3 is 0 Å². The Balaban J connectivity index is 1.19. The monoisotopic (exact) mass is 780 g/mol. The maximum absolute atomic E-state index is 14.5. The number of hydrogen-bond acceptors (Lipinski definition) is 7. The smallest absolute Gasteiger partial charge is 0.252 e. The molecule has 13 heteroatoms. The largest absolute Gasteiger partial charge is 0.355 e. The molecule has 0 bridgehead atoms. The molecule has 4 fully saturated rings. The number of amides is 2. The molecule has 2 amide bonds. The van der Waals surface area contributed by atoms with Gasteiger partial charge in [-0.1, -0.05) is 58.5 Å². The van der Waals surface area contributed by atoms with Crippen molar-refractivity contribution in [2.75, 3.05) is 92.6 Å². The van der Waals surface area contributed by atoms with E-state index < -0.39 is 12.2 Å². The summed E-state index contributed by atoms with van der Waals surface area (Å²) < 4.78 is 6.77. The van der Waals surface area contributed by atoms with E-state index in [0.717, 1.165) is 89.2 Å². The van der Waals surface area contributed by atoms with Gasteiger partial charge in [0.15, 0.2) is 0 Å². The van der Waals surface area contributed by atoms with E-state index in [1.54, 1.807) is 24.3 Å². The van der Waals surface area contributed by atoms with Crippen LogP contribution in [0.5, 0.6) is 0 Å². The van der Waals surface area contributed by atoms with E-state index in [2.05, 4.69) is 33.7 Å². The zero-order valence-electron chi connectivity index (χ0n) is 29.9. The highest BCUT2D eigenvalue weighted by atomic mass is 35.5. The molecular formula is C38H52Cl4N6O3. The van der Waals surface area contributed by atoms with Crippen molar-refractivity contribution in [3.63, 3.8) is 0 Å². The van der Waals surface area contributed by atoms with Crippen molar-refractivity contribution in [1.29, 1.82) is 0 Å². The molecule has 51 heavy (non-hydrogen) atoms. The number of likely N-dealkylation sites (tertiary alicyclic amines) is 2. The third-order valence-electron chi connectivity index (χ3n) is 11.4. The quantitative estimate of drug-likeness (QED) is 0.324. The van der Waals surface area contributed by atoms with Crippen molar-refractivity contribution in [2.45, 2.75) is 62.8 Å². The normalized spacial score (nSPS) is 22.3. The van der Waals surface area contributed by atoms with Crippen LogP contribution in [0.2, 0.25) is 20.1 Å². The highest BCUT2D eigenvalue weighted by Crippen LogP contribution is 2.28. The van der Waals surface area contributed by atoms with Gasteiger partial charge in [-0.15, -0.1) is 0 Å². The van der Waals surface area contributed by atoms with E-state index in [0.29, 0.717) is 58.4 Å². The second kappa shape index (κ2) is 18.1. The molecule has 0 N–H and O–H groups in total. The minimum atomic E-state index is -0.894. The SMILES string of the molecule is CN1CCC(N2CCN(C(=O)[C@@H](Cc3ccc(Cl)c(Cl)c3)O[C@H](Cc3ccc(Cl)c(Cl)c3)C(=O)N3CCN(C4CCN(C)CC4)CC3)CC2)CC1. The van der Waals surface area contributed by atoms with E-state index >= 15 is 0 Å². The summed E-state index contributed by atoms with van der Waals surface area (Å²) in [5.74, 6) is -0.216. The van der Waals surface area contributed by atoms with E-state index in [1.165, 1.54) is 0 Å². The van der Waals surface area contributed by atoms with Crippen LogP contribution in [0.3, 0.4) is 0 Å². The molecule has 0 aliphatic carbocycles. The molecule has 0 radical (unpaired) electrons. The van der Waals surface area contributed by atoms with Crippen LogP contribution in [-0.2, 0) is 27.2 Å². The molecule has 2 atom stereocenters. The number of carbonyl (C=O) groups is 2. The molecule has 2 aromatic carbocycles. The summed E-state index contributed by atoms with van der Waals surface area (Å²) >= 11 is 25.4. The molecule has 9 nitrogen and oxygen atoms in total. The Labute approximate surface area is 323 Å². The van der Waals surface area contributed by atoms with Crippen molar-refractivity contribution >= 4 is 58.2 Å². The van der Waals surface area contributed by atoms with Crippen LogP contribution >= 0.6 is 46.4 Å². The number of rotatable bonds is 10. The Kier molecular flexibility index (Phi) is 13.9. The lowest BCUT2D eigenvalue weighted by atomic mass is 10.0. The van der Waals surface area contributed by atoms with E-state index in [4.69, 9.17) is 51.1 Å². The first-order valence-electron chi connectivity index (χ1n) is 18.5. The minimum Gasteiger partial charge on any atom is -0.355 e. The van der Waals surface area contributed by atoms with E-state index in [9.17, 15) is 9.59 Å². The van der Waals surface area contributed by atoms with Gasteiger partial charge in [-0.05, 0) is 101 Å². The standard InChI is InChI=1S/C38H52Cl4N6O3/c1-43-11-7-29(8-12-43)45-15-19-47(20-16-45)37(49)35(25-27-3-5-31(39)33(41)23-27)51-36(26-28-4-6-32(40)34(42)24-28)38(50)48-21-17-46(18-22-48)30-9-13-44(2)14-10-30/h3-6,23-24,29-30,35-36H,7-22,25-26H2,1-2H3/t35-,36-/m1/s1. The van der Waals surface area contributed by atoms with Crippen LogP contribution in [0.4, 0.5) is 0 Å². The average Bonchev–Trinajstić information content (AvgIpc) is 3.14. The van der Waals surface area contributed by atoms with Crippen LogP contribution in [0.1, 0.15) is 36.8 Å². The molecule has 4 aliphatic heterocycles. The van der Waals surface area contributed by atoms with Crippen molar-refractivity contribution in [1.82, 2.24) is 29.4 Å². The molecule has 6 rings (SSSR count). The predicted molar refractivity (Wildman–Crippen MR) is 206 cm³/mol. The number of piperazine rings is 2. The predicted octanol–water partition coefficient (Wildman–Crippen LogP) is 5.32. The highest BCUT2D eigenvalue weighted by Gasteiger charge is 2.37. The molecule has 0 aromatic heterocycles. The lowest BCUT2D eigenvalue weighted by Crippen LogP contribution is -2.58. The number of benzene rings is 2. The summed E-state index contributed by atoms with van der Waals surface area (Å²) in [7, 11) is 4.35. The van der Waals surface area contributed by atoms with Gasteiger partial charge < -0.3 is 24.3 Å². The second-order valence-electron chi connectivity index (χ2n) is 14.8. The lowest BCUT2D eigenvalue weighted by molar-refractivity contribution is -0.160. The molecule has 4 aliphatic rings. The van der Waals surface area contributed by atoms with Gasteiger partial charge in [0.1, 0.15) is 12.2 Å². The van der Waals surface area contributed by atoms with Crippen LogP contribution in [-0.4, -0.2) is 158 Å². The first kappa shape index (κ1) is 39.0. The molecule has 280 valence electrons. The number of carbonyl (C=O) groups excluding carboxylic acids is 2. The molecule has 4 saturated heterocycles. The van der Waals surface area contributed by atoms with Gasteiger partial charge in [0, 0.05) is 77.3 Å². The Morgan fingerprint density at radius 1 is 0.569 bits per heavy atom. The van der Waals surface area contributed by atoms with Crippen molar-refractivity contribution < 1.29 is 14.3 Å². The number of nitrogens with zero attached hydrogens (tertiary/aromatic N) is 6. The number of hydrogen-bond donors (Lipinski definition) is 0. The fraction of sp³-hybridized carbons (Fsp3) is 0.632. The van der Waals surface area contributed by atoms with Crippen molar-refractivity contribution in [2.24, 2.45) is 0 Å². The average molecular weight is 783 g/mol. The third kappa shape index (κ3) is 10.3. The van der Waals surface area contributed by atoms with E-state index in [-0.39, 0.29) is 24.7 Å². The first-order valence-corrected chi connectivity index (χ1v) is 20.0. The van der Waals surface area contributed by atoms with Gasteiger partial charge in [-0.25, -0.2) is 0 Å². The fourth-order valence-electron chi connectivity index (χ4n) is 8.09. The Bertz CT molecular complexity index is 1380. The van der Waals surface area contributed by atoms with Crippen LogP contribution in [0.25, 0.3) is 0 Å². The lowest BCUT2D eigenvalue weighted by Gasteiger charge is -2.43. The maximum atomic E-state index is 14.5. The zero-order chi connectivity index (χ0) is 36.1. The Morgan fingerprint density at radius 3 is 1.25 bits per heavy atom. The molecule has 2 aromatic rings. The molecule has 0 saturated carbocycles. The Morgan fingerprint density at radius 2 is 0.922 bits per heavy atom. The van der Waals surface area contributed by atoms with Crippen molar-refractivity contribution in [3.05, 3.63) is 67.6 Å². The summed E-state index contributed by atoms with van der Waals surface area (Å²) in [5.41, 5.74) is 1.64. The maximum Gasteiger partial charge on any atom is 0.252 e. The summed E-state index contributed by atoms with van der Waals surface area (Å²) in [6.45, 7) is 10.2. The van der Waals surface area contributed by atoms with Gasteiger partial charge in [0.25, 0.3) is 11.8 Å².